The van der Waals surface area contributed by atoms with Crippen molar-refractivity contribution in [1.29, 1.82) is 0 Å². The highest BCUT2D eigenvalue weighted by molar-refractivity contribution is 7.99. The number of anilines is 1. The Morgan fingerprint density at radius 3 is 2.86 bits per heavy atom. The van der Waals surface area contributed by atoms with Gasteiger partial charge in [-0.15, -0.1) is 11.8 Å². The minimum absolute atomic E-state index is 0.0415. The second kappa shape index (κ2) is 4.48. The number of hydrogen-bond acceptors (Lipinski definition) is 3. The molecule has 1 saturated heterocycles. The zero-order valence-electron chi connectivity index (χ0n) is 7.69. The second-order valence-electron chi connectivity index (χ2n) is 3.13. The summed E-state index contributed by atoms with van der Waals surface area (Å²) in [6.07, 6.45) is 0. The van der Waals surface area contributed by atoms with Crippen LogP contribution in [-0.4, -0.2) is 23.6 Å². The largest absolute Gasteiger partial charge is 0.325 e. The van der Waals surface area contributed by atoms with Gasteiger partial charge in [0, 0.05) is 17.3 Å². The van der Waals surface area contributed by atoms with E-state index in [0.29, 0.717) is 0 Å². The summed E-state index contributed by atoms with van der Waals surface area (Å²) in [5, 5.41) is 6.00. The maximum absolute atomic E-state index is 11.6. The van der Waals surface area contributed by atoms with E-state index in [1.165, 1.54) is 0 Å². The van der Waals surface area contributed by atoms with Gasteiger partial charge in [-0.2, -0.15) is 0 Å². The van der Waals surface area contributed by atoms with Crippen LogP contribution in [0.4, 0.5) is 5.69 Å². The van der Waals surface area contributed by atoms with Crippen LogP contribution < -0.4 is 10.6 Å². The number of para-hydroxylation sites is 1. The molecule has 0 bridgehead atoms. The van der Waals surface area contributed by atoms with Gasteiger partial charge in [-0.25, -0.2) is 0 Å². The predicted octanol–water partition coefficient (Wildman–Crippen LogP) is 1.29. The van der Waals surface area contributed by atoms with Gasteiger partial charge in [0.15, 0.2) is 0 Å². The van der Waals surface area contributed by atoms with Gasteiger partial charge in [0.2, 0.25) is 5.91 Å². The summed E-state index contributed by atoms with van der Waals surface area (Å²) < 4.78 is 0. The number of carbonyl (C=O) groups excluding carboxylic acids is 1. The summed E-state index contributed by atoms with van der Waals surface area (Å²) in [5.74, 6) is 1.78. The van der Waals surface area contributed by atoms with E-state index in [0.717, 1.165) is 17.3 Å². The van der Waals surface area contributed by atoms with E-state index >= 15 is 0 Å². The quantitative estimate of drug-likeness (QED) is 0.769. The van der Waals surface area contributed by atoms with Crippen molar-refractivity contribution in [2.45, 2.75) is 6.04 Å². The summed E-state index contributed by atoms with van der Waals surface area (Å²) in [7, 11) is 0. The SMILES string of the molecule is O=C(Nc1ccccc1)[C@H]1CSCN1. The molecule has 0 saturated carbocycles. The summed E-state index contributed by atoms with van der Waals surface area (Å²) in [5.41, 5.74) is 0.858. The summed E-state index contributed by atoms with van der Waals surface area (Å²) in [4.78, 5) is 11.6. The molecule has 74 valence electrons. The van der Waals surface area contributed by atoms with E-state index < -0.39 is 0 Å². The number of rotatable bonds is 2. The lowest BCUT2D eigenvalue weighted by molar-refractivity contribution is -0.117. The smallest absolute Gasteiger partial charge is 0.242 e. The van der Waals surface area contributed by atoms with Crippen LogP contribution in [0, 0.1) is 0 Å². The van der Waals surface area contributed by atoms with E-state index in [1.807, 2.05) is 30.3 Å². The van der Waals surface area contributed by atoms with Gasteiger partial charge in [-0.3, -0.25) is 10.1 Å². The highest BCUT2D eigenvalue weighted by atomic mass is 32.2. The van der Waals surface area contributed by atoms with Crippen LogP contribution in [-0.2, 0) is 4.79 Å². The molecule has 0 radical (unpaired) electrons. The number of thioether (sulfide) groups is 1. The molecule has 3 nitrogen and oxygen atoms in total. The summed E-state index contributed by atoms with van der Waals surface area (Å²) in [6, 6.07) is 9.48. The highest BCUT2D eigenvalue weighted by Crippen LogP contribution is 2.12. The van der Waals surface area contributed by atoms with Gasteiger partial charge in [0.1, 0.15) is 0 Å². The molecule has 14 heavy (non-hydrogen) atoms. The van der Waals surface area contributed by atoms with Crippen LogP contribution in [0.1, 0.15) is 0 Å². The topological polar surface area (TPSA) is 41.1 Å². The van der Waals surface area contributed by atoms with Crippen molar-refractivity contribution < 1.29 is 4.79 Å². The van der Waals surface area contributed by atoms with Crippen LogP contribution in [0.5, 0.6) is 0 Å². The Kier molecular flexibility index (Phi) is 3.06. The first-order chi connectivity index (χ1) is 6.86. The molecule has 1 heterocycles. The lowest BCUT2D eigenvalue weighted by atomic mass is 10.3. The summed E-state index contributed by atoms with van der Waals surface area (Å²) >= 11 is 1.75. The van der Waals surface area contributed by atoms with Crippen LogP contribution >= 0.6 is 11.8 Å². The van der Waals surface area contributed by atoms with Crippen LogP contribution in [0.15, 0.2) is 30.3 Å². The first-order valence-electron chi connectivity index (χ1n) is 4.53. The van der Waals surface area contributed by atoms with Gasteiger partial charge in [0.05, 0.1) is 6.04 Å². The molecule has 1 aromatic carbocycles. The third-order valence-electron chi connectivity index (χ3n) is 2.07. The standard InChI is InChI=1S/C10H12N2OS/c13-10(9-6-14-7-11-9)12-8-4-2-1-3-5-8/h1-5,9,11H,6-7H2,(H,12,13)/t9-/m1/s1. The average Bonchev–Trinajstić information content (AvgIpc) is 2.72. The molecular weight excluding hydrogens is 196 g/mol. The predicted molar refractivity (Wildman–Crippen MR) is 59.3 cm³/mol. The molecule has 2 N–H and O–H groups in total. The Labute approximate surface area is 87.3 Å². The van der Waals surface area contributed by atoms with Crippen molar-refractivity contribution in [3.05, 3.63) is 30.3 Å². The number of hydrogen-bond donors (Lipinski definition) is 2. The fraction of sp³-hybridized carbons (Fsp3) is 0.300. The normalized spacial score (nSPS) is 20.7. The minimum atomic E-state index is -0.0415. The number of amides is 1. The lowest BCUT2D eigenvalue weighted by Crippen LogP contribution is -2.37. The molecular formula is C10H12N2OS. The van der Waals surface area contributed by atoms with E-state index in [9.17, 15) is 4.79 Å². The molecule has 0 spiro atoms. The van der Waals surface area contributed by atoms with Gasteiger partial charge < -0.3 is 5.32 Å². The third-order valence-corrected chi connectivity index (χ3v) is 3.01. The molecule has 1 atom stereocenters. The van der Waals surface area contributed by atoms with E-state index in [-0.39, 0.29) is 11.9 Å². The molecule has 0 aromatic heterocycles. The molecule has 1 aliphatic rings. The Bertz CT molecular complexity index is 309. The average molecular weight is 208 g/mol. The first-order valence-corrected chi connectivity index (χ1v) is 5.69. The Hall–Kier alpha value is -1.00. The molecule has 1 amide bonds. The third kappa shape index (κ3) is 2.27. The van der Waals surface area contributed by atoms with Crippen molar-refractivity contribution in [2.24, 2.45) is 0 Å². The van der Waals surface area contributed by atoms with Crippen LogP contribution in [0.2, 0.25) is 0 Å². The van der Waals surface area contributed by atoms with Crippen LogP contribution in [0.25, 0.3) is 0 Å². The molecule has 0 unspecified atom stereocenters. The number of nitrogens with one attached hydrogen (secondary N) is 2. The van der Waals surface area contributed by atoms with Crippen molar-refractivity contribution in [1.82, 2.24) is 5.32 Å². The van der Waals surface area contributed by atoms with Crippen molar-refractivity contribution in [2.75, 3.05) is 16.9 Å². The van der Waals surface area contributed by atoms with Gasteiger partial charge in [-0.1, -0.05) is 18.2 Å². The van der Waals surface area contributed by atoms with Gasteiger partial charge in [-0.05, 0) is 12.1 Å². The molecule has 1 aromatic rings. The lowest BCUT2D eigenvalue weighted by Gasteiger charge is -2.09. The zero-order valence-corrected chi connectivity index (χ0v) is 8.51. The zero-order chi connectivity index (χ0) is 9.80. The molecule has 4 heteroatoms. The van der Waals surface area contributed by atoms with Gasteiger partial charge >= 0.3 is 0 Å². The Morgan fingerprint density at radius 2 is 2.21 bits per heavy atom. The molecule has 2 rings (SSSR count). The van der Waals surface area contributed by atoms with E-state index in [4.69, 9.17) is 0 Å². The maximum atomic E-state index is 11.6. The van der Waals surface area contributed by atoms with Crippen LogP contribution in [0.3, 0.4) is 0 Å². The highest BCUT2D eigenvalue weighted by Gasteiger charge is 2.22. The second-order valence-corrected chi connectivity index (χ2v) is 4.16. The number of benzene rings is 1. The Morgan fingerprint density at radius 1 is 1.43 bits per heavy atom. The maximum Gasteiger partial charge on any atom is 0.242 e. The molecule has 1 fully saturated rings. The van der Waals surface area contributed by atoms with E-state index in [2.05, 4.69) is 10.6 Å². The number of carbonyl (C=O) groups is 1. The fourth-order valence-electron chi connectivity index (χ4n) is 1.31. The van der Waals surface area contributed by atoms with Gasteiger partial charge in [0.25, 0.3) is 0 Å². The van der Waals surface area contributed by atoms with Crippen molar-refractivity contribution in [3.63, 3.8) is 0 Å². The van der Waals surface area contributed by atoms with E-state index in [1.54, 1.807) is 11.8 Å². The first kappa shape index (κ1) is 9.55. The van der Waals surface area contributed by atoms with Crippen molar-refractivity contribution >= 4 is 23.4 Å². The Balaban J connectivity index is 1.94. The summed E-state index contributed by atoms with van der Waals surface area (Å²) in [6.45, 7) is 0. The molecule has 1 aliphatic heterocycles. The monoisotopic (exact) mass is 208 g/mol. The van der Waals surface area contributed by atoms with Crippen molar-refractivity contribution in [3.8, 4) is 0 Å². The fourth-order valence-corrected chi connectivity index (χ4v) is 2.26. The molecule has 0 aliphatic carbocycles. The minimum Gasteiger partial charge on any atom is -0.325 e.